The van der Waals surface area contributed by atoms with Gasteiger partial charge in [0.2, 0.25) is 0 Å². The van der Waals surface area contributed by atoms with Gasteiger partial charge < -0.3 is 4.74 Å². The number of ether oxygens (including phenoxy) is 1. The quantitative estimate of drug-likeness (QED) is 0.735. The summed E-state index contributed by atoms with van der Waals surface area (Å²) >= 11 is 0. The second-order valence-corrected chi connectivity index (χ2v) is 4.65. The van der Waals surface area contributed by atoms with Gasteiger partial charge in [-0.1, -0.05) is 12.1 Å². The van der Waals surface area contributed by atoms with E-state index in [1.165, 1.54) is 0 Å². The van der Waals surface area contributed by atoms with Crippen LogP contribution in [0.25, 0.3) is 16.7 Å². The molecule has 0 bridgehead atoms. The average Bonchev–Trinajstić information content (AvgIpc) is 2.91. The highest BCUT2D eigenvalue weighted by Crippen LogP contribution is 2.26. The van der Waals surface area contributed by atoms with Crippen LogP contribution >= 0.6 is 0 Å². The molecule has 1 aliphatic rings. The molecule has 1 aromatic heterocycles. The van der Waals surface area contributed by atoms with Crippen LogP contribution in [0.1, 0.15) is 5.56 Å². The van der Waals surface area contributed by atoms with E-state index < -0.39 is 6.09 Å². The summed E-state index contributed by atoms with van der Waals surface area (Å²) < 4.78 is 7.01. The number of cyclic esters (lactones) is 1. The summed E-state index contributed by atoms with van der Waals surface area (Å²) in [5.74, 6) is 0. The summed E-state index contributed by atoms with van der Waals surface area (Å²) in [6.45, 7) is 0.293. The lowest BCUT2D eigenvalue weighted by molar-refractivity contribution is 0.151. The maximum absolute atomic E-state index is 11.2. The van der Waals surface area contributed by atoms with Gasteiger partial charge in [-0.25, -0.2) is 9.78 Å². The highest BCUT2D eigenvalue weighted by atomic mass is 16.5. The summed E-state index contributed by atoms with van der Waals surface area (Å²) in [4.78, 5) is 15.5. The Morgan fingerprint density at radius 2 is 2.10 bits per heavy atom. The van der Waals surface area contributed by atoms with E-state index in [1.807, 2.05) is 47.0 Å². The van der Waals surface area contributed by atoms with E-state index in [0.29, 0.717) is 6.61 Å². The SMILES string of the molecule is O=C1Nc2ccc(-n3cnc4ccccc43)cc2CO1. The normalized spacial score (nSPS) is 13.7. The first-order chi connectivity index (χ1) is 9.81. The highest BCUT2D eigenvalue weighted by Gasteiger charge is 2.16. The lowest BCUT2D eigenvalue weighted by Crippen LogP contribution is -2.20. The van der Waals surface area contributed by atoms with Gasteiger partial charge >= 0.3 is 6.09 Å². The molecule has 0 radical (unpaired) electrons. The molecule has 2 aromatic carbocycles. The van der Waals surface area contributed by atoms with Crippen LogP contribution < -0.4 is 5.32 Å². The molecule has 5 nitrogen and oxygen atoms in total. The number of hydrogen-bond acceptors (Lipinski definition) is 3. The maximum Gasteiger partial charge on any atom is 0.411 e. The lowest BCUT2D eigenvalue weighted by Gasteiger charge is -2.18. The first kappa shape index (κ1) is 11.0. The number of rotatable bonds is 1. The third-order valence-corrected chi connectivity index (χ3v) is 3.42. The van der Waals surface area contributed by atoms with Crippen molar-refractivity contribution in [2.45, 2.75) is 6.61 Å². The van der Waals surface area contributed by atoms with Crippen molar-refractivity contribution in [2.75, 3.05) is 5.32 Å². The number of hydrogen-bond donors (Lipinski definition) is 1. The summed E-state index contributed by atoms with van der Waals surface area (Å²) in [7, 11) is 0. The number of nitrogens with zero attached hydrogens (tertiary/aromatic N) is 2. The van der Waals surface area contributed by atoms with Crippen molar-refractivity contribution in [1.82, 2.24) is 9.55 Å². The van der Waals surface area contributed by atoms with Gasteiger partial charge in [0.25, 0.3) is 0 Å². The first-order valence-electron chi connectivity index (χ1n) is 6.30. The van der Waals surface area contributed by atoms with Gasteiger partial charge in [0.05, 0.1) is 16.7 Å². The molecule has 0 spiro atoms. The van der Waals surface area contributed by atoms with E-state index in [0.717, 1.165) is 28.0 Å². The number of anilines is 1. The topological polar surface area (TPSA) is 56.2 Å². The predicted molar refractivity (Wildman–Crippen MR) is 74.9 cm³/mol. The standard InChI is InChI=1S/C15H11N3O2/c19-15-17-12-6-5-11(7-10(12)8-20-15)18-9-16-13-3-1-2-4-14(13)18/h1-7,9H,8H2,(H,17,19). The monoisotopic (exact) mass is 265 g/mol. The zero-order chi connectivity index (χ0) is 13.5. The van der Waals surface area contributed by atoms with Gasteiger partial charge in [-0.3, -0.25) is 9.88 Å². The van der Waals surface area contributed by atoms with Gasteiger partial charge in [-0.05, 0) is 30.3 Å². The summed E-state index contributed by atoms with van der Waals surface area (Å²) in [5.41, 5.74) is 4.76. The fourth-order valence-electron chi connectivity index (χ4n) is 2.43. The largest absolute Gasteiger partial charge is 0.444 e. The fourth-order valence-corrected chi connectivity index (χ4v) is 2.43. The lowest BCUT2D eigenvalue weighted by atomic mass is 10.1. The second-order valence-electron chi connectivity index (χ2n) is 4.65. The molecule has 20 heavy (non-hydrogen) atoms. The smallest absolute Gasteiger partial charge is 0.411 e. The molecule has 1 amide bonds. The van der Waals surface area contributed by atoms with Crippen LogP contribution in [0.2, 0.25) is 0 Å². The van der Waals surface area contributed by atoms with Crippen molar-refractivity contribution in [3.8, 4) is 5.69 Å². The van der Waals surface area contributed by atoms with Gasteiger partial charge in [0, 0.05) is 11.3 Å². The Hall–Kier alpha value is -2.82. The molecule has 0 atom stereocenters. The number of nitrogens with one attached hydrogen (secondary N) is 1. The molecule has 0 saturated carbocycles. The minimum atomic E-state index is -0.404. The van der Waals surface area contributed by atoms with Crippen LogP contribution in [-0.2, 0) is 11.3 Å². The maximum atomic E-state index is 11.2. The zero-order valence-electron chi connectivity index (χ0n) is 10.5. The molecule has 3 aromatic rings. The number of para-hydroxylation sites is 2. The molecule has 4 rings (SSSR count). The van der Waals surface area contributed by atoms with Crippen LogP contribution in [0, 0.1) is 0 Å². The van der Waals surface area contributed by atoms with Crippen LogP contribution in [0.5, 0.6) is 0 Å². The minimum Gasteiger partial charge on any atom is -0.444 e. The van der Waals surface area contributed by atoms with E-state index in [4.69, 9.17) is 4.74 Å². The van der Waals surface area contributed by atoms with Crippen molar-refractivity contribution in [1.29, 1.82) is 0 Å². The third-order valence-electron chi connectivity index (χ3n) is 3.42. The highest BCUT2D eigenvalue weighted by molar-refractivity contribution is 5.88. The number of aromatic nitrogens is 2. The molecule has 5 heteroatoms. The van der Waals surface area contributed by atoms with Crippen LogP contribution in [0.4, 0.5) is 10.5 Å². The number of carbonyl (C=O) groups excluding carboxylic acids is 1. The molecular weight excluding hydrogens is 254 g/mol. The molecule has 0 unspecified atom stereocenters. The molecule has 1 aliphatic heterocycles. The van der Waals surface area contributed by atoms with Crippen LogP contribution in [-0.4, -0.2) is 15.6 Å². The van der Waals surface area contributed by atoms with Crippen LogP contribution in [0.15, 0.2) is 48.8 Å². The van der Waals surface area contributed by atoms with Gasteiger partial charge in [0.15, 0.2) is 0 Å². The first-order valence-corrected chi connectivity index (χ1v) is 6.30. The van der Waals surface area contributed by atoms with Crippen molar-refractivity contribution in [2.24, 2.45) is 0 Å². The van der Waals surface area contributed by atoms with Crippen molar-refractivity contribution >= 4 is 22.8 Å². The third kappa shape index (κ3) is 1.64. The molecule has 0 aliphatic carbocycles. The fraction of sp³-hybridized carbons (Fsp3) is 0.0667. The van der Waals surface area contributed by atoms with E-state index in [1.54, 1.807) is 6.33 Å². The second kappa shape index (κ2) is 4.09. The van der Waals surface area contributed by atoms with Crippen molar-refractivity contribution in [3.05, 3.63) is 54.4 Å². The van der Waals surface area contributed by atoms with E-state index in [9.17, 15) is 4.79 Å². The van der Waals surface area contributed by atoms with Gasteiger partial charge in [0.1, 0.15) is 12.9 Å². The van der Waals surface area contributed by atoms with Crippen LogP contribution in [0.3, 0.4) is 0 Å². The number of carbonyl (C=O) groups is 1. The summed E-state index contributed by atoms with van der Waals surface area (Å²) in [6, 6.07) is 13.8. The van der Waals surface area contributed by atoms with E-state index >= 15 is 0 Å². The molecule has 0 fully saturated rings. The van der Waals surface area contributed by atoms with E-state index in [2.05, 4.69) is 10.3 Å². The zero-order valence-corrected chi connectivity index (χ0v) is 10.5. The summed E-state index contributed by atoms with van der Waals surface area (Å²) in [5, 5.41) is 2.68. The number of benzene rings is 2. The van der Waals surface area contributed by atoms with Gasteiger partial charge in [-0.2, -0.15) is 0 Å². The van der Waals surface area contributed by atoms with E-state index in [-0.39, 0.29) is 0 Å². The molecule has 1 N–H and O–H groups in total. The number of imidazole rings is 1. The number of amides is 1. The molecule has 2 heterocycles. The average molecular weight is 265 g/mol. The Balaban J connectivity index is 1.85. The Morgan fingerprint density at radius 3 is 3.05 bits per heavy atom. The molecule has 0 saturated heterocycles. The minimum absolute atomic E-state index is 0.293. The Bertz CT molecular complexity index is 823. The summed E-state index contributed by atoms with van der Waals surface area (Å²) in [6.07, 6.45) is 1.40. The Morgan fingerprint density at radius 1 is 1.20 bits per heavy atom. The molecule has 98 valence electrons. The molecular formula is C15H11N3O2. The predicted octanol–water partition coefficient (Wildman–Crippen LogP) is 3.09. The van der Waals surface area contributed by atoms with Crippen molar-refractivity contribution < 1.29 is 9.53 Å². The Kier molecular flexibility index (Phi) is 2.26. The number of fused-ring (bicyclic) bond motifs is 2. The van der Waals surface area contributed by atoms with Crippen molar-refractivity contribution in [3.63, 3.8) is 0 Å². The van der Waals surface area contributed by atoms with Gasteiger partial charge in [-0.15, -0.1) is 0 Å². The Labute approximate surface area is 114 Å².